The van der Waals surface area contributed by atoms with Gasteiger partial charge in [-0.25, -0.2) is 18.1 Å². The van der Waals surface area contributed by atoms with Crippen molar-refractivity contribution in [3.05, 3.63) is 40.5 Å². The Hall–Kier alpha value is -1.15. The Morgan fingerprint density at radius 1 is 1.33 bits per heavy atom. The van der Waals surface area contributed by atoms with E-state index in [4.69, 9.17) is 16.7 Å². The van der Waals surface area contributed by atoms with Gasteiger partial charge >= 0.3 is 0 Å². The lowest BCUT2D eigenvalue weighted by atomic mass is 10.2. The van der Waals surface area contributed by atoms with Crippen LogP contribution < -0.4 is 4.72 Å². The number of halogens is 1. The van der Waals surface area contributed by atoms with Crippen molar-refractivity contribution in [3.63, 3.8) is 0 Å². The van der Waals surface area contributed by atoms with Gasteiger partial charge in [-0.1, -0.05) is 35.1 Å². The van der Waals surface area contributed by atoms with Gasteiger partial charge in [0.1, 0.15) is 5.75 Å². The van der Waals surface area contributed by atoms with Gasteiger partial charge in [0.05, 0.1) is 6.20 Å². The number of nitrogens with one attached hydrogen (secondary N) is 1. The zero-order chi connectivity index (χ0) is 13.2. The molecule has 2 aromatic rings. The number of nitrogens with zero attached hydrogens (tertiary/aromatic N) is 1. The molecule has 2 rings (SSSR count). The van der Waals surface area contributed by atoms with Crippen LogP contribution in [0.4, 0.5) is 0 Å². The molecule has 0 atom stereocenters. The summed E-state index contributed by atoms with van der Waals surface area (Å²) < 4.78 is 26.4. The van der Waals surface area contributed by atoms with E-state index in [1.165, 1.54) is 18.3 Å². The summed E-state index contributed by atoms with van der Waals surface area (Å²) in [6, 6.07) is 6.26. The van der Waals surface area contributed by atoms with E-state index in [1.807, 2.05) is 0 Å². The second kappa shape index (κ2) is 5.23. The molecule has 0 aliphatic rings. The predicted octanol–water partition coefficient (Wildman–Crippen LogP) is 1.98. The minimum Gasteiger partial charge on any atom is -0.508 e. The molecule has 96 valence electrons. The van der Waals surface area contributed by atoms with Crippen molar-refractivity contribution < 1.29 is 13.5 Å². The summed E-state index contributed by atoms with van der Waals surface area (Å²) in [4.78, 5) is 3.68. The smallest absolute Gasteiger partial charge is 0.252 e. The van der Waals surface area contributed by atoms with Crippen molar-refractivity contribution in [3.8, 4) is 5.75 Å². The Morgan fingerprint density at radius 3 is 2.56 bits per heavy atom. The number of benzene rings is 1. The molecule has 0 unspecified atom stereocenters. The molecule has 0 saturated heterocycles. The molecule has 8 heteroatoms. The second-order valence-corrected chi connectivity index (χ2v) is 7.03. The maximum absolute atomic E-state index is 11.8. The highest BCUT2D eigenvalue weighted by Crippen LogP contribution is 2.22. The molecule has 0 bridgehead atoms. The fourth-order valence-corrected chi connectivity index (χ4v) is 3.58. The minimum atomic E-state index is -3.59. The number of hydrogen-bond donors (Lipinski definition) is 2. The van der Waals surface area contributed by atoms with Gasteiger partial charge in [0, 0.05) is 6.54 Å². The van der Waals surface area contributed by atoms with E-state index in [1.54, 1.807) is 12.1 Å². The summed E-state index contributed by atoms with van der Waals surface area (Å²) in [5.41, 5.74) is 0.743. The lowest BCUT2D eigenvalue weighted by molar-refractivity contribution is 0.475. The summed E-state index contributed by atoms with van der Waals surface area (Å²) in [5.74, 6) is 0.135. The minimum absolute atomic E-state index is 0.0753. The highest BCUT2D eigenvalue weighted by molar-refractivity contribution is 7.91. The molecule has 0 radical (unpaired) electrons. The first-order valence-electron chi connectivity index (χ1n) is 4.86. The van der Waals surface area contributed by atoms with E-state index in [9.17, 15) is 8.42 Å². The topological polar surface area (TPSA) is 79.3 Å². The molecular weight excluding hydrogens is 296 g/mol. The third-order valence-corrected chi connectivity index (χ3v) is 5.10. The van der Waals surface area contributed by atoms with Gasteiger partial charge in [-0.05, 0) is 17.7 Å². The highest BCUT2D eigenvalue weighted by atomic mass is 35.5. The normalized spacial score (nSPS) is 11.6. The lowest BCUT2D eigenvalue weighted by Crippen LogP contribution is -2.22. The molecule has 0 spiro atoms. The van der Waals surface area contributed by atoms with Crippen LogP contribution in [0.15, 0.2) is 34.7 Å². The van der Waals surface area contributed by atoms with Crippen molar-refractivity contribution >= 4 is 33.0 Å². The van der Waals surface area contributed by atoms with E-state index < -0.39 is 10.0 Å². The molecule has 0 aliphatic carbocycles. The Morgan fingerprint density at radius 2 is 2.00 bits per heavy atom. The number of rotatable bonds is 4. The quantitative estimate of drug-likeness (QED) is 0.905. The number of thiazole rings is 1. The SMILES string of the molecule is O=S(=O)(NCc1ccc(O)cc1)c1cnc(Cl)s1. The summed E-state index contributed by atoms with van der Waals surface area (Å²) in [7, 11) is -3.59. The second-order valence-electron chi connectivity index (χ2n) is 3.42. The van der Waals surface area contributed by atoms with Gasteiger partial charge in [0.25, 0.3) is 10.0 Å². The highest BCUT2D eigenvalue weighted by Gasteiger charge is 2.16. The first-order valence-corrected chi connectivity index (χ1v) is 7.54. The van der Waals surface area contributed by atoms with Crippen molar-refractivity contribution in [1.29, 1.82) is 0 Å². The number of aromatic hydroxyl groups is 1. The number of hydrogen-bond acceptors (Lipinski definition) is 5. The fourth-order valence-electron chi connectivity index (χ4n) is 1.23. The third kappa shape index (κ3) is 3.20. The van der Waals surface area contributed by atoms with Gasteiger partial charge in [-0.3, -0.25) is 0 Å². The zero-order valence-electron chi connectivity index (χ0n) is 9.00. The Balaban J connectivity index is 2.08. The molecule has 5 nitrogen and oxygen atoms in total. The zero-order valence-corrected chi connectivity index (χ0v) is 11.4. The Labute approximate surface area is 113 Å². The molecule has 0 amide bonds. The number of phenolic OH excluding ortho intramolecular Hbond substituents is 1. The monoisotopic (exact) mass is 304 g/mol. The fraction of sp³-hybridized carbons (Fsp3) is 0.100. The molecule has 18 heavy (non-hydrogen) atoms. The average molecular weight is 305 g/mol. The standard InChI is InChI=1S/C10H9ClN2O3S2/c11-10-12-6-9(17-10)18(15,16)13-5-7-1-3-8(14)4-2-7/h1-4,6,13-14H,5H2. The average Bonchev–Trinajstić information content (AvgIpc) is 2.76. The van der Waals surface area contributed by atoms with Gasteiger partial charge in [0.2, 0.25) is 0 Å². The maximum atomic E-state index is 11.8. The largest absolute Gasteiger partial charge is 0.508 e. The third-order valence-electron chi connectivity index (χ3n) is 2.12. The maximum Gasteiger partial charge on any atom is 0.252 e. The number of phenols is 1. The number of aromatic nitrogens is 1. The van der Waals surface area contributed by atoms with Crippen molar-refractivity contribution in [2.45, 2.75) is 10.8 Å². The van der Waals surface area contributed by atoms with Crippen molar-refractivity contribution in [2.75, 3.05) is 0 Å². The number of sulfonamides is 1. The van der Waals surface area contributed by atoms with Crippen LogP contribution in [-0.4, -0.2) is 18.5 Å². The van der Waals surface area contributed by atoms with Crippen LogP contribution in [0.25, 0.3) is 0 Å². The Bertz CT molecular complexity index is 637. The van der Waals surface area contributed by atoms with Gasteiger partial charge in [-0.2, -0.15) is 0 Å². The van der Waals surface area contributed by atoms with Crippen LogP contribution in [0.2, 0.25) is 4.47 Å². The molecular formula is C10H9ClN2O3S2. The van der Waals surface area contributed by atoms with Crippen LogP contribution in [0.1, 0.15) is 5.56 Å². The van der Waals surface area contributed by atoms with E-state index >= 15 is 0 Å². The van der Waals surface area contributed by atoms with E-state index in [0.717, 1.165) is 16.9 Å². The predicted molar refractivity (Wildman–Crippen MR) is 69.3 cm³/mol. The van der Waals surface area contributed by atoms with Gasteiger partial charge < -0.3 is 5.11 Å². The lowest BCUT2D eigenvalue weighted by Gasteiger charge is -2.04. The summed E-state index contributed by atoms with van der Waals surface area (Å²) in [6.45, 7) is 0.137. The van der Waals surface area contributed by atoms with Crippen molar-refractivity contribution in [2.24, 2.45) is 0 Å². The van der Waals surface area contributed by atoms with Crippen LogP contribution >= 0.6 is 22.9 Å². The van der Waals surface area contributed by atoms with Crippen LogP contribution in [0.5, 0.6) is 5.75 Å². The molecule has 0 saturated carbocycles. The Kier molecular flexibility index (Phi) is 3.86. The molecule has 1 aromatic carbocycles. The van der Waals surface area contributed by atoms with E-state index in [0.29, 0.717) is 0 Å². The van der Waals surface area contributed by atoms with Gasteiger partial charge in [0.15, 0.2) is 8.68 Å². The molecule has 0 aliphatic heterocycles. The van der Waals surface area contributed by atoms with E-state index in [-0.39, 0.29) is 21.0 Å². The summed E-state index contributed by atoms with van der Waals surface area (Å²) >= 11 is 6.48. The first-order chi connectivity index (χ1) is 8.47. The van der Waals surface area contributed by atoms with Crippen LogP contribution in [-0.2, 0) is 16.6 Å². The van der Waals surface area contributed by atoms with E-state index in [2.05, 4.69) is 9.71 Å². The molecule has 1 heterocycles. The van der Waals surface area contributed by atoms with Crippen LogP contribution in [0.3, 0.4) is 0 Å². The van der Waals surface area contributed by atoms with Crippen LogP contribution in [0, 0.1) is 0 Å². The summed E-state index contributed by atoms with van der Waals surface area (Å²) in [5, 5.41) is 9.11. The molecule has 2 N–H and O–H groups in total. The molecule has 0 fully saturated rings. The first kappa shape index (κ1) is 13.3. The van der Waals surface area contributed by atoms with Gasteiger partial charge in [-0.15, -0.1) is 0 Å². The summed E-state index contributed by atoms with van der Waals surface area (Å²) in [6.07, 6.45) is 1.21. The molecule has 1 aromatic heterocycles. The van der Waals surface area contributed by atoms with Crippen molar-refractivity contribution in [1.82, 2.24) is 9.71 Å².